The lowest BCUT2D eigenvalue weighted by Gasteiger charge is -2.36. The van der Waals surface area contributed by atoms with E-state index in [-0.39, 0.29) is 0 Å². The normalized spacial score (nSPS) is 21.6. The highest BCUT2D eigenvalue weighted by Crippen LogP contribution is 2.33. The number of hydrazine groups is 1. The molecule has 90 valence electrons. The maximum absolute atomic E-state index is 5.70. The molecule has 0 aromatic rings. The average Bonchev–Trinajstić information content (AvgIpc) is 2.27. The lowest BCUT2D eigenvalue weighted by molar-refractivity contribution is 0.180. The highest BCUT2D eigenvalue weighted by Gasteiger charge is 2.29. The highest BCUT2D eigenvalue weighted by molar-refractivity contribution is 4.84. The van der Waals surface area contributed by atoms with Crippen molar-refractivity contribution in [3.63, 3.8) is 0 Å². The van der Waals surface area contributed by atoms with E-state index in [0.717, 1.165) is 5.92 Å². The van der Waals surface area contributed by atoms with E-state index >= 15 is 0 Å². The van der Waals surface area contributed by atoms with Crippen molar-refractivity contribution in [1.29, 1.82) is 0 Å². The maximum atomic E-state index is 5.70. The molecule has 1 unspecified atom stereocenters. The van der Waals surface area contributed by atoms with Gasteiger partial charge in [0.1, 0.15) is 0 Å². The predicted molar refractivity (Wildman–Crippen MR) is 66.4 cm³/mol. The molecule has 15 heavy (non-hydrogen) atoms. The topological polar surface area (TPSA) is 38.0 Å². The van der Waals surface area contributed by atoms with Gasteiger partial charge in [-0.25, -0.2) is 0 Å². The zero-order valence-corrected chi connectivity index (χ0v) is 10.7. The Balaban J connectivity index is 2.44. The number of nitrogens with one attached hydrogen (secondary N) is 1. The summed E-state index contributed by atoms with van der Waals surface area (Å²) in [6.07, 6.45) is 9.57. The highest BCUT2D eigenvalue weighted by atomic mass is 15.2. The van der Waals surface area contributed by atoms with Gasteiger partial charge in [-0.2, -0.15) is 0 Å². The van der Waals surface area contributed by atoms with Gasteiger partial charge < -0.3 is 0 Å². The maximum Gasteiger partial charge on any atom is 0.0264 e. The molecule has 1 saturated carbocycles. The SMILES string of the molecule is CCC(C)(C)C(CC1CCCCC1)NN. The predicted octanol–water partition coefficient (Wildman–Crippen LogP) is 3.22. The quantitative estimate of drug-likeness (QED) is 0.542. The van der Waals surface area contributed by atoms with Crippen LogP contribution in [0.4, 0.5) is 0 Å². The third-order valence-corrected chi connectivity index (χ3v) is 4.35. The lowest BCUT2D eigenvalue weighted by atomic mass is 9.75. The van der Waals surface area contributed by atoms with Gasteiger partial charge in [-0.15, -0.1) is 0 Å². The van der Waals surface area contributed by atoms with Crippen LogP contribution in [0.15, 0.2) is 0 Å². The largest absolute Gasteiger partial charge is 0.271 e. The second-order valence-corrected chi connectivity index (χ2v) is 5.80. The van der Waals surface area contributed by atoms with Crippen LogP contribution in [0.25, 0.3) is 0 Å². The Hall–Kier alpha value is -0.0800. The summed E-state index contributed by atoms with van der Waals surface area (Å²) in [6.45, 7) is 6.89. The molecular weight excluding hydrogens is 184 g/mol. The average molecular weight is 212 g/mol. The monoisotopic (exact) mass is 212 g/mol. The third kappa shape index (κ3) is 3.76. The zero-order chi connectivity index (χ0) is 11.3. The molecule has 0 aromatic carbocycles. The van der Waals surface area contributed by atoms with Crippen LogP contribution in [0.5, 0.6) is 0 Å². The van der Waals surface area contributed by atoms with Crippen LogP contribution in [0.3, 0.4) is 0 Å². The van der Waals surface area contributed by atoms with E-state index < -0.39 is 0 Å². The Labute approximate surface area is 95.0 Å². The summed E-state index contributed by atoms with van der Waals surface area (Å²) in [7, 11) is 0. The van der Waals surface area contributed by atoms with Gasteiger partial charge in [0.25, 0.3) is 0 Å². The first-order valence-electron chi connectivity index (χ1n) is 6.56. The van der Waals surface area contributed by atoms with Crippen molar-refractivity contribution < 1.29 is 0 Å². The molecule has 1 atom stereocenters. The molecule has 0 spiro atoms. The fourth-order valence-electron chi connectivity index (χ4n) is 2.62. The molecule has 0 aromatic heterocycles. The van der Waals surface area contributed by atoms with Crippen molar-refractivity contribution in [2.75, 3.05) is 0 Å². The second kappa shape index (κ2) is 5.86. The van der Waals surface area contributed by atoms with Crippen LogP contribution in [0.2, 0.25) is 0 Å². The molecule has 1 aliphatic rings. The molecule has 0 saturated heterocycles. The Morgan fingerprint density at radius 2 is 1.87 bits per heavy atom. The second-order valence-electron chi connectivity index (χ2n) is 5.80. The van der Waals surface area contributed by atoms with Gasteiger partial charge in [-0.3, -0.25) is 11.3 Å². The van der Waals surface area contributed by atoms with E-state index in [9.17, 15) is 0 Å². The third-order valence-electron chi connectivity index (χ3n) is 4.35. The Kier molecular flexibility index (Phi) is 5.07. The first-order valence-corrected chi connectivity index (χ1v) is 6.56. The summed E-state index contributed by atoms with van der Waals surface area (Å²) < 4.78 is 0. The van der Waals surface area contributed by atoms with Crippen molar-refractivity contribution in [2.45, 2.75) is 71.8 Å². The molecule has 0 amide bonds. The van der Waals surface area contributed by atoms with Crippen LogP contribution >= 0.6 is 0 Å². The first kappa shape index (κ1) is 13.0. The van der Waals surface area contributed by atoms with Crippen LogP contribution in [-0.2, 0) is 0 Å². The standard InChI is InChI=1S/C13H28N2/c1-4-13(2,3)12(15-14)10-11-8-6-5-7-9-11/h11-12,15H,4-10,14H2,1-3H3. The van der Waals surface area contributed by atoms with E-state index in [1.54, 1.807) is 0 Å². The van der Waals surface area contributed by atoms with Gasteiger partial charge in [-0.1, -0.05) is 52.9 Å². The van der Waals surface area contributed by atoms with E-state index in [0.29, 0.717) is 11.5 Å². The number of rotatable bonds is 5. The molecule has 2 heteroatoms. The van der Waals surface area contributed by atoms with Gasteiger partial charge in [-0.05, 0) is 24.2 Å². The first-order chi connectivity index (χ1) is 7.10. The number of hydrogen-bond donors (Lipinski definition) is 2. The zero-order valence-electron chi connectivity index (χ0n) is 10.7. The van der Waals surface area contributed by atoms with Gasteiger partial charge in [0.2, 0.25) is 0 Å². The van der Waals surface area contributed by atoms with Crippen LogP contribution in [-0.4, -0.2) is 6.04 Å². The summed E-state index contributed by atoms with van der Waals surface area (Å²) in [5.41, 5.74) is 3.37. The van der Waals surface area contributed by atoms with Gasteiger partial charge in [0, 0.05) is 6.04 Å². The van der Waals surface area contributed by atoms with Crippen molar-refractivity contribution >= 4 is 0 Å². The molecular formula is C13H28N2. The molecule has 1 aliphatic carbocycles. The van der Waals surface area contributed by atoms with Gasteiger partial charge in [0.05, 0.1) is 0 Å². The lowest BCUT2D eigenvalue weighted by Crippen LogP contribution is -2.46. The minimum atomic E-state index is 0.326. The van der Waals surface area contributed by atoms with E-state index in [1.165, 1.54) is 44.9 Å². The molecule has 0 aliphatic heterocycles. The number of hydrogen-bond acceptors (Lipinski definition) is 2. The Bertz CT molecular complexity index is 171. The molecule has 1 rings (SSSR count). The van der Waals surface area contributed by atoms with Gasteiger partial charge >= 0.3 is 0 Å². The minimum absolute atomic E-state index is 0.326. The fraction of sp³-hybridized carbons (Fsp3) is 1.00. The molecule has 0 radical (unpaired) electrons. The molecule has 2 nitrogen and oxygen atoms in total. The van der Waals surface area contributed by atoms with E-state index in [4.69, 9.17) is 5.84 Å². The van der Waals surface area contributed by atoms with Crippen molar-refractivity contribution in [3.05, 3.63) is 0 Å². The molecule has 0 bridgehead atoms. The number of nitrogens with two attached hydrogens (primary N) is 1. The fourth-order valence-corrected chi connectivity index (χ4v) is 2.62. The van der Waals surface area contributed by atoms with E-state index in [1.807, 2.05) is 0 Å². The summed E-state index contributed by atoms with van der Waals surface area (Å²) >= 11 is 0. The summed E-state index contributed by atoms with van der Waals surface area (Å²) in [5.74, 6) is 6.61. The molecule has 1 fully saturated rings. The Morgan fingerprint density at radius 3 is 2.33 bits per heavy atom. The minimum Gasteiger partial charge on any atom is -0.271 e. The van der Waals surface area contributed by atoms with Gasteiger partial charge in [0.15, 0.2) is 0 Å². The molecule has 3 N–H and O–H groups in total. The van der Waals surface area contributed by atoms with Crippen molar-refractivity contribution in [1.82, 2.24) is 5.43 Å². The molecule has 0 heterocycles. The van der Waals surface area contributed by atoms with Crippen LogP contribution in [0.1, 0.15) is 65.7 Å². The Morgan fingerprint density at radius 1 is 1.27 bits per heavy atom. The van der Waals surface area contributed by atoms with Crippen molar-refractivity contribution in [3.8, 4) is 0 Å². The van der Waals surface area contributed by atoms with E-state index in [2.05, 4.69) is 26.2 Å². The van der Waals surface area contributed by atoms with Crippen molar-refractivity contribution in [2.24, 2.45) is 17.2 Å². The van der Waals surface area contributed by atoms with Crippen LogP contribution in [0, 0.1) is 11.3 Å². The smallest absolute Gasteiger partial charge is 0.0264 e. The summed E-state index contributed by atoms with van der Waals surface area (Å²) in [6, 6.07) is 0.477. The summed E-state index contributed by atoms with van der Waals surface area (Å²) in [4.78, 5) is 0. The van der Waals surface area contributed by atoms with Crippen LogP contribution < -0.4 is 11.3 Å². The summed E-state index contributed by atoms with van der Waals surface area (Å²) in [5, 5.41) is 0.